The molecule has 0 unspecified atom stereocenters. The van der Waals surface area contributed by atoms with Crippen molar-refractivity contribution in [2.24, 2.45) is 0 Å². The number of piperazine rings is 1. The van der Waals surface area contributed by atoms with E-state index in [1.54, 1.807) is 0 Å². The molecule has 0 saturated carbocycles. The number of aromatic nitrogens is 2. The van der Waals surface area contributed by atoms with Crippen LogP contribution in [0.1, 0.15) is 18.1 Å². The van der Waals surface area contributed by atoms with Gasteiger partial charge in [-0.3, -0.25) is 0 Å². The van der Waals surface area contributed by atoms with Gasteiger partial charge in [0.05, 0.1) is 16.9 Å². The molecule has 172 valence electrons. The van der Waals surface area contributed by atoms with Crippen molar-refractivity contribution in [2.45, 2.75) is 19.5 Å². The second-order valence-electron chi connectivity index (χ2n) is 7.77. The fourth-order valence-electron chi connectivity index (χ4n) is 3.73. The lowest BCUT2D eigenvalue weighted by atomic mass is 10.1. The van der Waals surface area contributed by atoms with E-state index in [-0.39, 0.29) is 5.69 Å². The molecule has 0 spiro atoms. The van der Waals surface area contributed by atoms with Crippen molar-refractivity contribution in [2.75, 3.05) is 36.4 Å². The van der Waals surface area contributed by atoms with E-state index in [0.29, 0.717) is 32.0 Å². The number of para-hydroxylation sites is 1. The van der Waals surface area contributed by atoms with Crippen LogP contribution in [0.5, 0.6) is 0 Å². The summed E-state index contributed by atoms with van der Waals surface area (Å²) in [6.07, 6.45) is -3.56. The quantitative estimate of drug-likeness (QED) is 0.596. The average Bonchev–Trinajstić information content (AvgIpc) is 2.84. The van der Waals surface area contributed by atoms with Crippen molar-refractivity contribution in [3.05, 3.63) is 71.8 Å². The van der Waals surface area contributed by atoms with Crippen molar-refractivity contribution in [1.29, 1.82) is 0 Å². The predicted octanol–water partition coefficient (Wildman–Crippen LogP) is 5.08. The molecule has 2 amide bonds. The second kappa shape index (κ2) is 9.48. The highest BCUT2D eigenvalue weighted by atomic mass is 19.4. The van der Waals surface area contributed by atoms with Crippen LogP contribution in [0.3, 0.4) is 0 Å². The molecule has 0 radical (unpaired) electrons. The van der Waals surface area contributed by atoms with E-state index < -0.39 is 17.8 Å². The second-order valence-corrected chi connectivity index (χ2v) is 7.77. The molecule has 1 aromatic heterocycles. The molecule has 4 rings (SSSR count). The lowest BCUT2D eigenvalue weighted by molar-refractivity contribution is -0.136. The van der Waals surface area contributed by atoms with Gasteiger partial charge in [-0.15, -0.1) is 10.2 Å². The Labute approximate surface area is 190 Å². The van der Waals surface area contributed by atoms with Gasteiger partial charge in [0.2, 0.25) is 0 Å². The number of rotatable bonds is 4. The smallest absolute Gasteiger partial charge is 0.352 e. The van der Waals surface area contributed by atoms with Gasteiger partial charge < -0.3 is 15.1 Å². The minimum Gasteiger partial charge on any atom is -0.352 e. The molecule has 2 aromatic carbocycles. The number of anilines is 2. The van der Waals surface area contributed by atoms with Crippen molar-refractivity contribution in [3.63, 3.8) is 0 Å². The summed E-state index contributed by atoms with van der Waals surface area (Å²) in [7, 11) is 0. The Balaban J connectivity index is 1.35. The van der Waals surface area contributed by atoms with Crippen molar-refractivity contribution in [1.82, 2.24) is 15.1 Å². The lowest BCUT2D eigenvalue weighted by Crippen LogP contribution is -2.50. The number of urea groups is 1. The fraction of sp³-hybridized carbons (Fsp3) is 0.292. The number of carbonyl (C=O) groups excluding carboxylic acids is 1. The SMILES string of the molecule is CCc1ccc(-c2ccc(N3CCN(C(=O)Nc4ccccc4C(F)(F)F)CC3)nn2)cc1. The largest absolute Gasteiger partial charge is 0.418 e. The van der Waals surface area contributed by atoms with E-state index in [2.05, 4.69) is 34.6 Å². The summed E-state index contributed by atoms with van der Waals surface area (Å²) in [5.41, 5.74) is 1.92. The first-order chi connectivity index (χ1) is 15.8. The molecule has 1 aliphatic heterocycles. The van der Waals surface area contributed by atoms with E-state index in [1.807, 2.05) is 29.2 Å². The van der Waals surface area contributed by atoms with Crippen molar-refractivity contribution in [3.8, 4) is 11.3 Å². The molecule has 1 fully saturated rings. The number of hydrogen-bond acceptors (Lipinski definition) is 4. The Kier molecular flexibility index (Phi) is 6.48. The number of alkyl halides is 3. The number of hydrogen-bond donors (Lipinski definition) is 1. The van der Waals surface area contributed by atoms with Crippen LogP contribution in [0.2, 0.25) is 0 Å². The topological polar surface area (TPSA) is 61.4 Å². The van der Waals surface area contributed by atoms with Crippen LogP contribution in [-0.4, -0.2) is 47.3 Å². The van der Waals surface area contributed by atoms with E-state index in [1.165, 1.54) is 28.7 Å². The molecule has 1 aliphatic rings. The number of nitrogens with one attached hydrogen (secondary N) is 1. The van der Waals surface area contributed by atoms with Gasteiger partial charge in [-0.1, -0.05) is 43.3 Å². The van der Waals surface area contributed by atoms with Gasteiger partial charge in [0.15, 0.2) is 5.82 Å². The normalized spacial score (nSPS) is 14.3. The maximum Gasteiger partial charge on any atom is 0.418 e. The number of amides is 2. The summed E-state index contributed by atoms with van der Waals surface area (Å²) in [5, 5.41) is 11.1. The predicted molar refractivity (Wildman–Crippen MR) is 121 cm³/mol. The van der Waals surface area contributed by atoms with E-state index in [4.69, 9.17) is 0 Å². The fourth-order valence-corrected chi connectivity index (χ4v) is 3.73. The maximum absolute atomic E-state index is 13.2. The molecule has 6 nitrogen and oxygen atoms in total. The molecule has 1 saturated heterocycles. The number of halogens is 3. The van der Waals surface area contributed by atoms with Crippen LogP contribution in [-0.2, 0) is 12.6 Å². The molecule has 1 N–H and O–H groups in total. The first kappa shape index (κ1) is 22.6. The molecule has 2 heterocycles. The summed E-state index contributed by atoms with van der Waals surface area (Å²) in [6.45, 7) is 3.85. The van der Waals surface area contributed by atoms with Crippen molar-refractivity contribution >= 4 is 17.5 Å². The molecule has 9 heteroatoms. The highest BCUT2D eigenvalue weighted by Gasteiger charge is 2.34. The minimum absolute atomic E-state index is 0.245. The average molecular weight is 455 g/mol. The molecule has 33 heavy (non-hydrogen) atoms. The van der Waals surface area contributed by atoms with Crippen LogP contribution < -0.4 is 10.2 Å². The standard InChI is InChI=1S/C24H24F3N5O/c1-2-17-7-9-18(10-8-17)20-11-12-22(30-29-20)31-13-15-32(16-14-31)23(33)28-21-6-4-3-5-19(21)24(25,26)27/h3-12H,2,13-16H2,1H3,(H,28,33). The summed E-state index contributed by atoms with van der Waals surface area (Å²) < 4.78 is 39.5. The maximum atomic E-state index is 13.2. The van der Waals surface area contributed by atoms with E-state index >= 15 is 0 Å². The number of aryl methyl sites for hydroxylation is 1. The van der Waals surface area contributed by atoms with E-state index in [0.717, 1.165) is 23.7 Å². The Bertz CT molecular complexity index is 1090. The summed E-state index contributed by atoms with van der Waals surface area (Å²) in [4.78, 5) is 16.0. The van der Waals surface area contributed by atoms with Crippen LogP contribution in [0, 0.1) is 0 Å². The monoisotopic (exact) mass is 455 g/mol. The minimum atomic E-state index is -4.54. The zero-order valence-corrected chi connectivity index (χ0v) is 18.1. The van der Waals surface area contributed by atoms with Gasteiger partial charge >= 0.3 is 12.2 Å². The molecule has 3 aromatic rings. The van der Waals surface area contributed by atoms with Gasteiger partial charge in [0.1, 0.15) is 0 Å². The Morgan fingerprint density at radius 2 is 1.64 bits per heavy atom. The van der Waals surface area contributed by atoms with Crippen LogP contribution in [0.4, 0.5) is 29.5 Å². The molecule has 0 bridgehead atoms. The van der Waals surface area contributed by atoms with Crippen LogP contribution >= 0.6 is 0 Å². The molecular weight excluding hydrogens is 431 g/mol. The molecular formula is C24H24F3N5O. The summed E-state index contributed by atoms with van der Waals surface area (Å²) in [5.74, 6) is 0.700. The third-order valence-electron chi connectivity index (χ3n) is 5.67. The summed E-state index contributed by atoms with van der Waals surface area (Å²) >= 11 is 0. The third-order valence-corrected chi connectivity index (χ3v) is 5.67. The number of carbonyl (C=O) groups is 1. The van der Waals surface area contributed by atoms with Gasteiger partial charge in [-0.2, -0.15) is 13.2 Å². The number of nitrogens with zero attached hydrogens (tertiary/aromatic N) is 4. The first-order valence-corrected chi connectivity index (χ1v) is 10.8. The highest BCUT2D eigenvalue weighted by molar-refractivity contribution is 5.90. The first-order valence-electron chi connectivity index (χ1n) is 10.8. The molecule has 0 aliphatic carbocycles. The van der Waals surface area contributed by atoms with Crippen LogP contribution in [0.25, 0.3) is 11.3 Å². The van der Waals surface area contributed by atoms with E-state index in [9.17, 15) is 18.0 Å². The third kappa shape index (κ3) is 5.24. The van der Waals surface area contributed by atoms with Gasteiger partial charge in [0, 0.05) is 31.7 Å². The highest BCUT2D eigenvalue weighted by Crippen LogP contribution is 2.34. The summed E-state index contributed by atoms with van der Waals surface area (Å²) in [6, 6.07) is 16.4. The van der Waals surface area contributed by atoms with Gasteiger partial charge in [-0.25, -0.2) is 4.79 Å². The Morgan fingerprint density at radius 3 is 2.24 bits per heavy atom. The Hall–Kier alpha value is -3.62. The number of benzene rings is 2. The zero-order valence-electron chi connectivity index (χ0n) is 18.1. The molecule has 0 atom stereocenters. The lowest BCUT2D eigenvalue weighted by Gasteiger charge is -2.35. The van der Waals surface area contributed by atoms with Gasteiger partial charge in [-0.05, 0) is 36.2 Å². The van der Waals surface area contributed by atoms with Crippen LogP contribution in [0.15, 0.2) is 60.7 Å². The van der Waals surface area contributed by atoms with Crippen molar-refractivity contribution < 1.29 is 18.0 Å². The Morgan fingerprint density at radius 1 is 0.939 bits per heavy atom. The zero-order chi connectivity index (χ0) is 23.4. The van der Waals surface area contributed by atoms with Gasteiger partial charge in [0.25, 0.3) is 0 Å².